The highest BCUT2D eigenvalue weighted by molar-refractivity contribution is 5.85. The van der Waals surface area contributed by atoms with Gasteiger partial charge in [0.15, 0.2) is 11.5 Å². The van der Waals surface area contributed by atoms with Crippen LogP contribution in [0.4, 0.5) is 0 Å². The van der Waals surface area contributed by atoms with Crippen molar-refractivity contribution in [3.8, 4) is 11.5 Å². The number of benzene rings is 1. The first kappa shape index (κ1) is 20.5. The largest absolute Gasteiger partial charge is 0.493 e. The van der Waals surface area contributed by atoms with Gasteiger partial charge < -0.3 is 20.5 Å². The van der Waals surface area contributed by atoms with E-state index in [1.807, 2.05) is 24.3 Å². The smallest absolute Gasteiger partial charge is 0.223 e. The van der Waals surface area contributed by atoms with Crippen molar-refractivity contribution < 1.29 is 14.3 Å². The second-order valence-corrected chi connectivity index (χ2v) is 4.89. The number of para-hydroxylation sites is 2. The van der Waals surface area contributed by atoms with E-state index in [9.17, 15) is 4.79 Å². The van der Waals surface area contributed by atoms with Gasteiger partial charge >= 0.3 is 0 Å². The molecule has 0 aliphatic rings. The van der Waals surface area contributed by atoms with E-state index in [0.29, 0.717) is 31.1 Å². The molecule has 0 saturated heterocycles. The van der Waals surface area contributed by atoms with Gasteiger partial charge in [-0.1, -0.05) is 31.9 Å². The van der Waals surface area contributed by atoms with Gasteiger partial charge in [0.1, 0.15) is 0 Å². The molecule has 1 aromatic rings. The minimum Gasteiger partial charge on any atom is -0.493 e. The minimum atomic E-state index is -0.0311. The summed E-state index contributed by atoms with van der Waals surface area (Å²) in [6.45, 7) is 2.91. The number of ether oxygens (including phenoxy) is 2. The molecular formula is C16H27ClN2O3. The van der Waals surface area contributed by atoms with Crippen LogP contribution in [-0.4, -0.2) is 32.2 Å². The van der Waals surface area contributed by atoms with E-state index in [0.717, 1.165) is 19.3 Å². The Hall–Kier alpha value is -1.46. The van der Waals surface area contributed by atoms with Crippen LogP contribution in [0.1, 0.15) is 32.6 Å². The Balaban J connectivity index is 0.00000441. The fraction of sp³-hybridized carbons (Fsp3) is 0.562. The maximum Gasteiger partial charge on any atom is 0.223 e. The molecule has 0 radical (unpaired) electrons. The number of carbonyl (C=O) groups excluding carboxylic acids is 1. The molecule has 1 unspecified atom stereocenters. The van der Waals surface area contributed by atoms with Crippen molar-refractivity contribution in [3.05, 3.63) is 24.3 Å². The molecule has 1 aromatic carbocycles. The summed E-state index contributed by atoms with van der Waals surface area (Å²) < 4.78 is 10.8. The second kappa shape index (κ2) is 12.1. The summed E-state index contributed by atoms with van der Waals surface area (Å²) in [6.07, 6.45) is 3.40. The predicted molar refractivity (Wildman–Crippen MR) is 90.9 cm³/mol. The third kappa shape index (κ3) is 7.52. The number of hydrogen-bond donors (Lipinski definition) is 2. The number of methoxy groups -OCH3 is 1. The van der Waals surface area contributed by atoms with Crippen LogP contribution in [0.5, 0.6) is 11.5 Å². The van der Waals surface area contributed by atoms with E-state index >= 15 is 0 Å². The van der Waals surface area contributed by atoms with Gasteiger partial charge in [0.25, 0.3) is 0 Å². The number of amides is 1. The fourth-order valence-electron chi connectivity index (χ4n) is 1.99. The SMILES string of the molecule is CCCCC(CN)NC(=O)CCOc1ccccc1OC.Cl. The van der Waals surface area contributed by atoms with Crippen LogP contribution < -0.4 is 20.5 Å². The van der Waals surface area contributed by atoms with Crippen molar-refractivity contribution in [2.45, 2.75) is 38.6 Å². The van der Waals surface area contributed by atoms with Crippen LogP contribution in [0.2, 0.25) is 0 Å². The quantitative estimate of drug-likeness (QED) is 0.691. The first-order valence-corrected chi connectivity index (χ1v) is 7.46. The van der Waals surface area contributed by atoms with Crippen molar-refractivity contribution in [1.29, 1.82) is 0 Å². The van der Waals surface area contributed by atoms with Crippen molar-refractivity contribution in [1.82, 2.24) is 5.32 Å². The normalized spacial score (nSPS) is 11.2. The average Bonchev–Trinajstić information content (AvgIpc) is 2.51. The van der Waals surface area contributed by atoms with E-state index in [1.54, 1.807) is 7.11 Å². The topological polar surface area (TPSA) is 73.6 Å². The second-order valence-electron chi connectivity index (χ2n) is 4.89. The first-order chi connectivity index (χ1) is 10.2. The van der Waals surface area contributed by atoms with Crippen LogP contribution in [0.3, 0.4) is 0 Å². The van der Waals surface area contributed by atoms with E-state index in [-0.39, 0.29) is 24.4 Å². The number of nitrogens with two attached hydrogens (primary N) is 1. The summed E-state index contributed by atoms with van der Waals surface area (Å²) in [5.41, 5.74) is 5.66. The first-order valence-electron chi connectivity index (χ1n) is 7.46. The Morgan fingerprint density at radius 1 is 1.32 bits per heavy atom. The highest BCUT2D eigenvalue weighted by Crippen LogP contribution is 2.25. The maximum absolute atomic E-state index is 11.8. The Labute approximate surface area is 139 Å². The highest BCUT2D eigenvalue weighted by Gasteiger charge is 2.10. The monoisotopic (exact) mass is 330 g/mol. The number of nitrogens with one attached hydrogen (secondary N) is 1. The number of unbranched alkanes of at least 4 members (excludes halogenated alkanes) is 1. The summed E-state index contributed by atoms with van der Waals surface area (Å²) in [6, 6.07) is 7.44. The van der Waals surface area contributed by atoms with Crippen LogP contribution in [0, 0.1) is 0 Å². The molecule has 0 heterocycles. The van der Waals surface area contributed by atoms with Crippen LogP contribution in [0.15, 0.2) is 24.3 Å². The van der Waals surface area contributed by atoms with Crippen molar-refractivity contribution in [2.24, 2.45) is 5.73 Å². The molecule has 1 rings (SSSR count). The molecule has 0 saturated carbocycles. The fourth-order valence-corrected chi connectivity index (χ4v) is 1.99. The van der Waals surface area contributed by atoms with Crippen LogP contribution in [0.25, 0.3) is 0 Å². The lowest BCUT2D eigenvalue weighted by atomic mass is 10.1. The van der Waals surface area contributed by atoms with Crippen molar-refractivity contribution >= 4 is 18.3 Å². The van der Waals surface area contributed by atoms with Crippen LogP contribution in [-0.2, 0) is 4.79 Å². The van der Waals surface area contributed by atoms with Gasteiger partial charge in [0.2, 0.25) is 5.91 Å². The summed E-state index contributed by atoms with van der Waals surface area (Å²) in [4.78, 5) is 11.8. The number of halogens is 1. The molecule has 0 aliphatic carbocycles. The summed E-state index contributed by atoms with van der Waals surface area (Å²) in [5.74, 6) is 1.28. The molecule has 22 heavy (non-hydrogen) atoms. The molecular weight excluding hydrogens is 304 g/mol. The molecule has 0 aromatic heterocycles. The van der Waals surface area contributed by atoms with Gasteiger partial charge in [-0.15, -0.1) is 12.4 Å². The summed E-state index contributed by atoms with van der Waals surface area (Å²) in [5, 5.41) is 2.94. The molecule has 0 spiro atoms. The van der Waals surface area contributed by atoms with E-state index in [4.69, 9.17) is 15.2 Å². The third-order valence-electron chi connectivity index (χ3n) is 3.21. The molecule has 0 aliphatic heterocycles. The van der Waals surface area contributed by atoms with Crippen molar-refractivity contribution in [3.63, 3.8) is 0 Å². The zero-order chi connectivity index (χ0) is 15.5. The van der Waals surface area contributed by atoms with Gasteiger partial charge in [0, 0.05) is 12.6 Å². The zero-order valence-electron chi connectivity index (χ0n) is 13.3. The Morgan fingerprint density at radius 3 is 2.59 bits per heavy atom. The predicted octanol–water partition coefficient (Wildman–Crippen LogP) is 2.52. The van der Waals surface area contributed by atoms with Gasteiger partial charge in [0.05, 0.1) is 20.1 Å². The molecule has 3 N–H and O–H groups in total. The minimum absolute atomic E-state index is 0. The van der Waals surface area contributed by atoms with E-state index in [1.165, 1.54) is 0 Å². The molecule has 1 amide bonds. The zero-order valence-corrected chi connectivity index (χ0v) is 14.2. The summed E-state index contributed by atoms with van der Waals surface area (Å²) >= 11 is 0. The third-order valence-corrected chi connectivity index (χ3v) is 3.21. The standard InChI is InChI=1S/C16H26N2O3.ClH/c1-3-4-7-13(12-17)18-16(19)10-11-21-15-9-6-5-8-14(15)20-2;/h5-6,8-9,13H,3-4,7,10-12,17H2,1-2H3,(H,18,19);1H. The Bertz CT molecular complexity index is 430. The highest BCUT2D eigenvalue weighted by atomic mass is 35.5. The average molecular weight is 331 g/mol. The number of hydrogen-bond acceptors (Lipinski definition) is 4. The molecule has 126 valence electrons. The lowest BCUT2D eigenvalue weighted by molar-refractivity contribution is -0.122. The number of carbonyl (C=O) groups is 1. The number of rotatable bonds is 10. The van der Waals surface area contributed by atoms with Gasteiger partial charge in [-0.3, -0.25) is 4.79 Å². The van der Waals surface area contributed by atoms with Crippen molar-refractivity contribution in [2.75, 3.05) is 20.3 Å². The molecule has 0 bridgehead atoms. The lowest BCUT2D eigenvalue weighted by Crippen LogP contribution is -2.40. The van der Waals surface area contributed by atoms with Gasteiger partial charge in [-0.2, -0.15) is 0 Å². The lowest BCUT2D eigenvalue weighted by Gasteiger charge is -2.16. The maximum atomic E-state index is 11.8. The molecule has 1 atom stereocenters. The van der Waals surface area contributed by atoms with Gasteiger partial charge in [-0.05, 0) is 18.6 Å². The van der Waals surface area contributed by atoms with Crippen LogP contribution >= 0.6 is 12.4 Å². The Kier molecular flexibility index (Phi) is 11.3. The summed E-state index contributed by atoms with van der Waals surface area (Å²) in [7, 11) is 1.59. The molecule has 0 fully saturated rings. The van der Waals surface area contributed by atoms with E-state index in [2.05, 4.69) is 12.2 Å². The Morgan fingerprint density at radius 2 is 2.00 bits per heavy atom. The van der Waals surface area contributed by atoms with E-state index < -0.39 is 0 Å². The van der Waals surface area contributed by atoms with Gasteiger partial charge in [-0.25, -0.2) is 0 Å². The molecule has 6 heteroatoms. The molecule has 5 nitrogen and oxygen atoms in total.